The van der Waals surface area contributed by atoms with Crippen LogP contribution in [0.25, 0.3) is 5.69 Å². The van der Waals surface area contributed by atoms with Crippen molar-refractivity contribution in [3.63, 3.8) is 0 Å². The zero-order valence-corrected chi connectivity index (χ0v) is 18.8. The van der Waals surface area contributed by atoms with E-state index in [-0.39, 0.29) is 43.4 Å². The molecule has 0 bridgehead atoms. The van der Waals surface area contributed by atoms with Crippen molar-refractivity contribution in [3.05, 3.63) is 65.7 Å². The third-order valence-electron chi connectivity index (χ3n) is 5.87. The van der Waals surface area contributed by atoms with Gasteiger partial charge in [-0.2, -0.15) is 0 Å². The molecule has 0 aliphatic carbocycles. The second-order valence-electron chi connectivity index (χ2n) is 8.26. The van der Waals surface area contributed by atoms with Gasteiger partial charge in [-0.3, -0.25) is 34.3 Å². The molecule has 0 saturated carbocycles. The molecule has 2 aliphatic heterocycles. The molecule has 2 aromatic heterocycles. The first kappa shape index (κ1) is 22.8. The highest BCUT2D eigenvalue weighted by Gasteiger charge is 2.39. The summed E-state index contributed by atoms with van der Waals surface area (Å²) in [6, 6.07) is 7.56. The molecule has 0 radical (unpaired) electrons. The van der Waals surface area contributed by atoms with Gasteiger partial charge in [-0.25, -0.2) is 4.68 Å². The number of nitrogens with one attached hydrogen (secondary N) is 3. The predicted molar refractivity (Wildman–Crippen MR) is 123 cm³/mol. The van der Waals surface area contributed by atoms with Crippen LogP contribution in [0.1, 0.15) is 39.3 Å². The Labute approximate surface area is 203 Å². The maximum atomic E-state index is 12.8. The van der Waals surface area contributed by atoms with E-state index in [1.807, 2.05) is 0 Å². The van der Waals surface area contributed by atoms with Gasteiger partial charge in [0.15, 0.2) is 5.69 Å². The van der Waals surface area contributed by atoms with E-state index in [1.54, 1.807) is 30.3 Å². The van der Waals surface area contributed by atoms with Gasteiger partial charge < -0.3 is 15.5 Å². The van der Waals surface area contributed by atoms with Crippen molar-refractivity contribution in [2.24, 2.45) is 0 Å². The Morgan fingerprint density at radius 1 is 1.11 bits per heavy atom. The van der Waals surface area contributed by atoms with Crippen molar-refractivity contribution in [1.29, 1.82) is 0 Å². The number of imide groups is 1. The minimum Gasteiger partial charge on any atom is -0.342 e. The Bertz CT molecular complexity index is 1390. The summed E-state index contributed by atoms with van der Waals surface area (Å²) in [7, 11) is 0. The molecule has 3 N–H and O–H groups in total. The Morgan fingerprint density at radius 3 is 2.69 bits per heavy atom. The number of fused-ring (bicyclic) bond motifs is 1. The molecule has 1 aromatic carbocycles. The molecule has 13 heteroatoms. The largest absolute Gasteiger partial charge is 0.342 e. The molecule has 4 heterocycles. The predicted octanol–water partition coefficient (Wildman–Crippen LogP) is -0.208. The number of nitrogens with zero attached hydrogens (tertiary/aromatic N) is 5. The number of carbonyl (C=O) groups is 5. The quantitative estimate of drug-likeness (QED) is 0.401. The van der Waals surface area contributed by atoms with Crippen LogP contribution in [0.5, 0.6) is 0 Å². The summed E-state index contributed by atoms with van der Waals surface area (Å²) >= 11 is 0. The van der Waals surface area contributed by atoms with E-state index in [2.05, 4.69) is 31.2 Å². The maximum Gasteiger partial charge on any atom is 0.273 e. The van der Waals surface area contributed by atoms with Crippen LogP contribution in [0.4, 0.5) is 5.69 Å². The van der Waals surface area contributed by atoms with Gasteiger partial charge in [0.2, 0.25) is 17.7 Å². The standard InChI is InChI=1S/C23H20N8O5/c32-19-4-3-18(22(35)27-19)30-11-13-9-15(1-2-16(13)23(30)36)31-12-17(28-29-31)21(34)25-10-20(33)26-14-5-7-24-8-6-14/h1-2,5-9,12,18H,3-4,10-11H2,(H,25,34)(H,24,26,33)(H,27,32,35). The van der Waals surface area contributed by atoms with Crippen LogP contribution in [0, 0.1) is 0 Å². The van der Waals surface area contributed by atoms with Crippen LogP contribution < -0.4 is 16.0 Å². The molecular weight excluding hydrogens is 468 g/mol. The highest BCUT2D eigenvalue weighted by atomic mass is 16.2. The lowest BCUT2D eigenvalue weighted by Gasteiger charge is -2.29. The van der Waals surface area contributed by atoms with E-state index in [0.29, 0.717) is 22.5 Å². The molecule has 3 aromatic rings. The second kappa shape index (κ2) is 9.37. The zero-order chi connectivity index (χ0) is 25.2. The number of pyridine rings is 1. The number of hydrogen-bond donors (Lipinski definition) is 3. The first-order valence-electron chi connectivity index (χ1n) is 11.1. The van der Waals surface area contributed by atoms with Crippen LogP contribution in [0.15, 0.2) is 48.9 Å². The van der Waals surface area contributed by atoms with E-state index in [1.165, 1.54) is 28.2 Å². The van der Waals surface area contributed by atoms with E-state index >= 15 is 0 Å². The molecule has 1 fully saturated rings. The fourth-order valence-electron chi connectivity index (χ4n) is 4.09. The number of aromatic nitrogens is 4. The molecule has 1 saturated heterocycles. The first-order valence-corrected chi connectivity index (χ1v) is 11.1. The van der Waals surface area contributed by atoms with Gasteiger partial charge in [0, 0.05) is 36.6 Å². The highest BCUT2D eigenvalue weighted by molar-refractivity contribution is 6.05. The van der Waals surface area contributed by atoms with Crippen LogP contribution in [-0.2, 0) is 20.9 Å². The lowest BCUT2D eigenvalue weighted by Crippen LogP contribution is -2.52. The number of hydrogen-bond acceptors (Lipinski definition) is 8. The van der Waals surface area contributed by atoms with Crippen molar-refractivity contribution >= 4 is 35.2 Å². The summed E-state index contributed by atoms with van der Waals surface area (Å²) in [5.74, 6) is -2.09. The minimum atomic E-state index is -0.705. The fraction of sp³-hybridized carbons (Fsp3) is 0.217. The van der Waals surface area contributed by atoms with Crippen molar-refractivity contribution in [1.82, 2.24) is 35.5 Å². The summed E-state index contributed by atoms with van der Waals surface area (Å²) in [6.07, 6.45) is 4.93. The van der Waals surface area contributed by atoms with Gasteiger partial charge in [0.05, 0.1) is 18.4 Å². The molecule has 2 aliphatic rings. The number of anilines is 1. The molecule has 5 rings (SSSR count). The summed E-state index contributed by atoms with van der Waals surface area (Å²) in [6.45, 7) is -0.0476. The average molecular weight is 488 g/mol. The molecule has 5 amide bonds. The fourth-order valence-corrected chi connectivity index (χ4v) is 4.09. The highest BCUT2D eigenvalue weighted by Crippen LogP contribution is 2.29. The third kappa shape index (κ3) is 4.53. The molecule has 13 nitrogen and oxygen atoms in total. The van der Waals surface area contributed by atoms with Gasteiger partial charge in [-0.1, -0.05) is 5.21 Å². The van der Waals surface area contributed by atoms with Gasteiger partial charge >= 0.3 is 0 Å². The van der Waals surface area contributed by atoms with Crippen molar-refractivity contribution < 1.29 is 24.0 Å². The van der Waals surface area contributed by atoms with E-state index in [0.717, 1.165) is 0 Å². The van der Waals surface area contributed by atoms with Crippen molar-refractivity contribution in [2.45, 2.75) is 25.4 Å². The Morgan fingerprint density at radius 2 is 1.92 bits per heavy atom. The summed E-state index contributed by atoms with van der Waals surface area (Å²) in [4.78, 5) is 66.3. The van der Waals surface area contributed by atoms with E-state index in [4.69, 9.17) is 0 Å². The summed E-state index contributed by atoms with van der Waals surface area (Å²) in [5, 5.41) is 15.2. The van der Waals surface area contributed by atoms with Crippen molar-refractivity contribution in [2.75, 3.05) is 11.9 Å². The SMILES string of the molecule is O=C1CCC(N2Cc3cc(-n4cc(C(=O)NCC(=O)Nc5ccncc5)nn4)ccc3C2=O)C(=O)N1. The third-order valence-corrected chi connectivity index (χ3v) is 5.87. The molecule has 0 spiro atoms. The Kier molecular flexibility index (Phi) is 5.94. The zero-order valence-electron chi connectivity index (χ0n) is 18.8. The minimum absolute atomic E-state index is 0.00783. The normalized spacial score (nSPS) is 16.9. The van der Waals surface area contributed by atoms with Gasteiger partial charge in [0.25, 0.3) is 11.8 Å². The summed E-state index contributed by atoms with van der Waals surface area (Å²) < 4.78 is 1.38. The first-order chi connectivity index (χ1) is 17.4. The molecule has 36 heavy (non-hydrogen) atoms. The number of amides is 5. The smallest absolute Gasteiger partial charge is 0.273 e. The number of piperidine rings is 1. The van der Waals surface area contributed by atoms with Crippen molar-refractivity contribution in [3.8, 4) is 5.69 Å². The number of rotatable bonds is 6. The van der Waals surface area contributed by atoms with Crippen LogP contribution in [0.2, 0.25) is 0 Å². The van der Waals surface area contributed by atoms with E-state index < -0.39 is 23.8 Å². The van der Waals surface area contributed by atoms with E-state index in [9.17, 15) is 24.0 Å². The lowest BCUT2D eigenvalue weighted by molar-refractivity contribution is -0.137. The molecule has 182 valence electrons. The van der Waals surface area contributed by atoms with Gasteiger partial charge in [0.1, 0.15) is 6.04 Å². The Hall–Kier alpha value is -4.94. The summed E-state index contributed by atoms with van der Waals surface area (Å²) in [5.41, 5.74) is 2.28. The monoisotopic (exact) mass is 488 g/mol. The average Bonchev–Trinajstić information content (AvgIpc) is 3.48. The van der Waals surface area contributed by atoms with Crippen LogP contribution in [0.3, 0.4) is 0 Å². The van der Waals surface area contributed by atoms with Crippen LogP contribution in [-0.4, -0.2) is 67.0 Å². The topological polar surface area (TPSA) is 168 Å². The maximum absolute atomic E-state index is 12.8. The number of carbonyl (C=O) groups excluding carboxylic acids is 5. The van der Waals surface area contributed by atoms with Gasteiger partial charge in [-0.15, -0.1) is 5.10 Å². The molecular formula is C23H20N8O5. The Balaban J connectivity index is 1.23. The second-order valence-corrected chi connectivity index (χ2v) is 8.26. The van der Waals surface area contributed by atoms with Gasteiger partial charge in [-0.05, 0) is 42.3 Å². The lowest BCUT2D eigenvalue weighted by atomic mass is 10.0. The molecule has 1 atom stereocenters. The number of benzene rings is 1. The van der Waals surface area contributed by atoms with Crippen LogP contribution >= 0.6 is 0 Å². The molecule has 1 unspecified atom stereocenters.